The number of benzene rings is 2. The number of rotatable bonds is 3. The first kappa shape index (κ1) is 14.4. The van der Waals surface area contributed by atoms with Gasteiger partial charge in [0.05, 0.1) is 6.04 Å². The Kier molecular flexibility index (Phi) is 3.34. The molecule has 1 aliphatic carbocycles. The second-order valence-electron chi connectivity index (χ2n) is 7.72. The third-order valence-corrected chi connectivity index (χ3v) is 6.51. The third kappa shape index (κ3) is 2.09. The van der Waals surface area contributed by atoms with Crippen molar-refractivity contribution >= 4 is 5.78 Å². The van der Waals surface area contributed by atoms with E-state index in [1.54, 1.807) is 0 Å². The molecule has 0 N–H and O–H groups in total. The fourth-order valence-electron chi connectivity index (χ4n) is 5.58. The Bertz CT molecular complexity index is 688. The van der Waals surface area contributed by atoms with Gasteiger partial charge in [0.25, 0.3) is 0 Å². The summed E-state index contributed by atoms with van der Waals surface area (Å²) in [5.74, 6) is 2.24. The molecule has 4 bridgehead atoms. The van der Waals surface area contributed by atoms with E-state index < -0.39 is 0 Å². The normalized spacial score (nSPS) is 34.0. The molecule has 24 heavy (non-hydrogen) atoms. The van der Waals surface area contributed by atoms with Crippen molar-refractivity contribution in [2.45, 2.75) is 24.8 Å². The molecule has 2 aromatic carbocycles. The molecule has 3 aliphatic heterocycles. The number of nitrogens with zero attached hydrogens (tertiary/aromatic N) is 1. The zero-order valence-electron chi connectivity index (χ0n) is 13.8. The summed E-state index contributed by atoms with van der Waals surface area (Å²) in [6.07, 6.45) is 2.51. The Balaban J connectivity index is 1.59. The highest BCUT2D eigenvalue weighted by molar-refractivity contribution is 5.90. The van der Waals surface area contributed by atoms with E-state index in [1.807, 2.05) is 0 Å². The van der Waals surface area contributed by atoms with Crippen molar-refractivity contribution in [2.24, 2.45) is 17.8 Å². The molecule has 4 fully saturated rings. The second-order valence-corrected chi connectivity index (χ2v) is 7.72. The van der Waals surface area contributed by atoms with Gasteiger partial charge in [-0.05, 0) is 35.8 Å². The lowest BCUT2D eigenvalue weighted by Crippen LogP contribution is -2.62. The number of Topliss-reactive ketones (excluding diaryl/α,β-unsaturated/α-hetero) is 1. The molecule has 122 valence electrons. The van der Waals surface area contributed by atoms with Gasteiger partial charge in [0.15, 0.2) is 5.78 Å². The molecular formula is C22H23NO. The smallest absolute Gasteiger partial charge is 0.154 e. The number of hydrogen-bond acceptors (Lipinski definition) is 2. The third-order valence-electron chi connectivity index (χ3n) is 6.51. The number of hydrogen-bond donors (Lipinski definition) is 0. The Morgan fingerprint density at radius 3 is 1.75 bits per heavy atom. The van der Waals surface area contributed by atoms with Crippen LogP contribution in [-0.4, -0.2) is 29.8 Å². The van der Waals surface area contributed by atoms with E-state index >= 15 is 0 Å². The van der Waals surface area contributed by atoms with Crippen molar-refractivity contribution in [3.8, 4) is 0 Å². The van der Waals surface area contributed by atoms with E-state index in [4.69, 9.17) is 0 Å². The Hall–Kier alpha value is -1.93. The van der Waals surface area contributed by atoms with Crippen molar-refractivity contribution in [1.82, 2.24) is 4.90 Å². The van der Waals surface area contributed by atoms with Crippen LogP contribution in [0.25, 0.3) is 0 Å². The molecule has 4 aliphatic rings. The fraction of sp³-hybridized carbons (Fsp3) is 0.409. The number of fused-ring (bicyclic) bond motifs is 1. The monoisotopic (exact) mass is 317 g/mol. The van der Waals surface area contributed by atoms with Crippen molar-refractivity contribution in [2.75, 3.05) is 13.1 Å². The molecule has 6 rings (SSSR count). The average Bonchev–Trinajstić information content (AvgIpc) is 2.93. The number of ketones is 1. The fourth-order valence-corrected chi connectivity index (χ4v) is 5.58. The van der Waals surface area contributed by atoms with Crippen LogP contribution in [0.1, 0.15) is 29.9 Å². The van der Waals surface area contributed by atoms with E-state index in [0.717, 1.165) is 13.1 Å². The van der Waals surface area contributed by atoms with Crippen LogP contribution in [0.4, 0.5) is 0 Å². The molecule has 0 aromatic heterocycles. The Morgan fingerprint density at radius 2 is 1.29 bits per heavy atom. The zero-order valence-corrected chi connectivity index (χ0v) is 13.8. The molecule has 3 heterocycles. The van der Waals surface area contributed by atoms with E-state index in [-0.39, 0.29) is 12.0 Å². The van der Waals surface area contributed by atoms with Crippen molar-refractivity contribution in [3.05, 3.63) is 71.8 Å². The highest BCUT2D eigenvalue weighted by atomic mass is 16.1. The van der Waals surface area contributed by atoms with Crippen LogP contribution in [-0.2, 0) is 4.79 Å². The summed E-state index contributed by atoms with van der Waals surface area (Å²) in [6.45, 7) is 2.24. The molecule has 2 aromatic rings. The minimum atomic E-state index is 0.0189. The van der Waals surface area contributed by atoms with Gasteiger partial charge in [-0.3, -0.25) is 9.69 Å². The summed E-state index contributed by atoms with van der Waals surface area (Å²) < 4.78 is 0. The SMILES string of the molecule is O=C1C2[C@@H]3CC[C@H]2CN(C3)C1C(c1ccccc1)c1ccccc1. The number of carbonyl (C=O) groups excluding carboxylic acids is 1. The minimum absolute atomic E-state index is 0.0189. The number of piperidine rings is 3. The van der Waals surface area contributed by atoms with Gasteiger partial charge >= 0.3 is 0 Å². The first-order valence-electron chi connectivity index (χ1n) is 9.20. The molecule has 0 radical (unpaired) electrons. The van der Waals surface area contributed by atoms with Gasteiger partial charge in [0.2, 0.25) is 0 Å². The van der Waals surface area contributed by atoms with Crippen molar-refractivity contribution < 1.29 is 4.79 Å². The zero-order chi connectivity index (χ0) is 16.1. The lowest BCUT2D eigenvalue weighted by atomic mass is 9.68. The van der Waals surface area contributed by atoms with Crippen molar-refractivity contribution in [3.63, 3.8) is 0 Å². The van der Waals surface area contributed by atoms with Crippen LogP contribution in [0.3, 0.4) is 0 Å². The molecule has 3 saturated heterocycles. The van der Waals surface area contributed by atoms with Crippen LogP contribution < -0.4 is 0 Å². The standard InChI is InChI=1S/C22H23NO/c24-22-20-17-11-12-18(20)14-23(13-17)21(22)19(15-7-3-1-4-8-15)16-9-5-2-6-10-16/h1-10,17-21H,11-14H2/t17-,18+,20?,21?. The second kappa shape index (κ2) is 5.56. The highest BCUT2D eigenvalue weighted by Gasteiger charge is 2.56. The Labute approximate surface area is 143 Å². The summed E-state index contributed by atoms with van der Waals surface area (Å²) in [4.78, 5) is 15.9. The highest BCUT2D eigenvalue weighted by Crippen LogP contribution is 2.50. The predicted molar refractivity (Wildman–Crippen MR) is 94.8 cm³/mol. The lowest BCUT2D eigenvalue weighted by molar-refractivity contribution is -0.143. The molecule has 2 heteroatoms. The lowest BCUT2D eigenvalue weighted by Gasteiger charge is -2.51. The average molecular weight is 317 g/mol. The quantitative estimate of drug-likeness (QED) is 0.860. The van der Waals surface area contributed by atoms with Gasteiger partial charge in [0, 0.05) is 24.9 Å². The van der Waals surface area contributed by atoms with Gasteiger partial charge in [-0.25, -0.2) is 0 Å². The molecule has 1 saturated carbocycles. The number of carbonyl (C=O) groups is 1. The van der Waals surface area contributed by atoms with E-state index in [1.165, 1.54) is 24.0 Å². The van der Waals surface area contributed by atoms with E-state index in [2.05, 4.69) is 65.6 Å². The van der Waals surface area contributed by atoms with Crippen LogP contribution in [0, 0.1) is 17.8 Å². The maximum Gasteiger partial charge on any atom is 0.154 e. The first-order chi connectivity index (χ1) is 11.8. The van der Waals surface area contributed by atoms with Crippen LogP contribution >= 0.6 is 0 Å². The molecular weight excluding hydrogens is 294 g/mol. The van der Waals surface area contributed by atoms with Gasteiger partial charge < -0.3 is 0 Å². The summed E-state index contributed by atoms with van der Waals surface area (Å²) in [6, 6.07) is 21.2. The Morgan fingerprint density at radius 1 is 0.792 bits per heavy atom. The predicted octanol–water partition coefficient (Wildman–Crippen LogP) is 3.73. The van der Waals surface area contributed by atoms with Gasteiger partial charge in [-0.1, -0.05) is 60.7 Å². The van der Waals surface area contributed by atoms with Crippen LogP contribution in [0.5, 0.6) is 0 Å². The summed E-state index contributed by atoms with van der Waals surface area (Å²) >= 11 is 0. The van der Waals surface area contributed by atoms with Crippen LogP contribution in [0.15, 0.2) is 60.7 Å². The molecule has 0 amide bonds. The summed E-state index contributed by atoms with van der Waals surface area (Å²) in [5.41, 5.74) is 2.53. The first-order valence-corrected chi connectivity index (χ1v) is 9.20. The van der Waals surface area contributed by atoms with Gasteiger partial charge in [-0.15, -0.1) is 0 Å². The topological polar surface area (TPSA) is 20.3 Å². The maximum absolute atomic E-state index is 13.4. The minimum Gasteiger partial charge on any atom is -0.298 e. The van der Waals surface area contributed by atoms with E-state index in [9.17, 15) is 4.79 Å². The summed E-state index contributed by atoms with van der Waals surface area (Å²) in [5, 5.41) is 0. The molecule has 3 unspecified atom stereocenters. The molecule has 0 spiro atoms. The van der Waals surface area contributed by atoms with Crippen molar-refractivity contribution in [1.29, 1.82) is 0 Å². The molecule has 2 nitrogen and oxygen atoms in total. The molecule has 5 atom stereocenters. The van der Waals surface area contributed by atoms with Gasteiger partial charge in [0.1, 0.15) is 0 Å². The van der Waals surface area contributed by atoms with Gasteiger partial charge in [-0.2, -0.15) is 0 Å². The van der Waals surface area contributed by atoms with E-state index in [0.29, 0.717) is 23.5 Å². The summed E-state index contributed by atoms with van der Waals surface area (Å²) in [7, 11) is 0. The van der Waals surface area contributed by atoms with Crippen LogP contribution in [0.2, 0.25) is 0 Å². The maximum atomic E-state index is 13.4. The largest absolute Gasteiger partial charge is 0.298 e.